The van der Waals surface area contributed by atoms with Gasteiger partial charge < -0.3 is 20.1 Å². The number of carbonyl (C=O) groups is 2. The maximum Gasteiger partial charge on any atom is 0.351 e. The Morgan fingerprint density at radius 3 is 2.83 bits per heavy atom. The van der Waals surface area contributed by atoms with Crippen LogP contribution in [0.15, 0.2) is 46.4 Å². The molecule has 35 heavy (non-hydrogen) atoms. The lowest BCUT2D eigenvalue weighted by Crippen LogP contribution is -2.29. The quantitative estimate of drug-likeness (QED) is 0.256. The number of hydrogen-bond acceptors (Lipinski definition) is 7. The van der Waals surface area contributed by atoms with Gasteiger partial charge in [-0.15, -0.1) is 0 Å². The second-order valence-corrected chi connectivity index (χ2v) is 7.56. The molecule has 2 aromatic rings. The molecule has 3 rings (SSSR count). The zero-order chi connectivity index (χ0) is 25.2. The summed E-state index contributed by atoms with van der Waals surface area (Å²) in [4.78, 5) is 43.4. The molecule has 0 saturated carbocycles. The molecule has 1 saturated heterocycles. The minimum atomic E-state index is -0.689. The molecule has 3 unspecified atom stereocenters. The minimum absolute atomic E-state index is 0.00313. The predicted molar refractivity (Wildman–Crippen MR) is 126 cm³/mol. The lowest BCUT2D eigenvalue weighted by Gasteiger charge is -2.16. The average Bonchev–Trinajstić information content (AvgIpc) is 3.26. The van der Waals surface area contributed by atoms with Gasteiger partial charge in [0.05, 0.1) is 24.3 Å². The summed E-state index contributed by atoms with van der Waals surface area (Å²) in [7, 11) is 0. The lowest BCUT2D eigenvalue weighted by molar-refractivity contribution is -0.118. The Morgan fingerprint density at radius 2 is 2.14 bits per heavy atom. The van der Waals surface area contributed by atoms with E-state index in [1.165, 1.54) is 17.7 Å². The monoisotopic (exact) mass is 479 g/mol. The van der Waals surface area contributed by atoms with Crippen molar-refractivity contribution in [3.63, 3.8) is 0 Å². The van der Waals surface area contributed by atoms with Gasteiger partial charge in [0.25, 0.3) is 5.91 Å². The van der Waals surface area contributed by atoms with Crippen molar-refractivity contribution in [1.29, 1.82) is 0 Å². The molecule has 0 radical (unpaired) electrons. The smallest absolute Gasteiger partial charge is 0.351 e. The molecule has 12 nitrogen and oxygen atoms in total. The van der Waals surface area contributed by atoms with E-state index in [4.69, 9.17) is 15.0 Å². The summed E-state index contributed by atoms with van der Waals surface area (Å²) < 4.78 is 12.9. The normalized spacial score (nSPS) is 18.6. The summed E-state index contributed by atoms with van der Waals surface area (Å²) in [5.41, 5.74) is 8.49. The molecule has 0 aliphatic carbocycles. The molecule has 1 aromatic heterocycles. The number of azide groups is 1. The Morgan fingerprint density at radius 1 is 1.37 bits per heavy atom. The topological polar surface area (TPSA) is 160 Å². The lowest BCUT2D eigenvalue weighted by atomic mass is 10.1. The van der Waals surface area contributed by atoms with Crippen LogP contribution in [0.2, 0.25) is 0 Å². The number of nitrogens with one attached hydrogen (secondary N) is 2. The van der Waals surface area contributed by atoms with Gasteiger partial charge in [-0.05, 0) is 24.1 Å². The molecule has 3 atom stereocenters. The van der Waals surface area contributed by atoms with E-state index in [0.29, 0.717) is 18.4 Å². The molecule has 0 spiro atoms. The average molecular weight is 479 g/mol. The molecule has 1 aliphatic rings. The molecular weight excluding hydrogens is 454 g/mol. The molecule has 2 heterocycles. The van der Waals surface area contributed by atoms with Crippen LogP contribution in [-0.2, 0) is 14.3 Å². The molecular formula is C23H25N7O5. The van der Waals surface area contributed by atoms with Gasteiger partial charge in [0.15, 0.2) is 5.82 Å². The minimum Gasteiger partial charge on any atom is -0.369 e. The molecule has 2 amide bonds. The van der Waals surface area contributed by atoms with Crippen LogP contribution in [0.1, 0.15) is 48.8 Å². The van der Waals surface area contributed by atoms with Gasteiger partial charge in [-0.1, -0.05) is 42.1 Å². The zero-order valence-corrected chi connectivity index (χ0v) is 19.3. The summed E-state index contributed by atoms with van der Waals surface area (Å²) in [6.45, 7) is 3.22. The molecule has 182 valence electrons. The number of hydrogen-bond donors (Lipinski definition) is 2. The molecule has 1 aromatic carbocycles. The third kappa shape index (κ3) is 6.91. The van der Waals surface area contributed by atoms with Crippen LogP contribution in [0.5, 0.6) is 0 Å². The number of rotatable bonds is 8. The van der Waals surface area contributed by atoms with Crippen LogP contribution in [0, 0.1) is 11.8 Å². The third-order valence-electron chi connectivity index (χ3n) is 5.17. The van der Waals surface area contributed by atoms with E-state index >= 15 is 0 Å². The maximum absolute atomic E-state index is 12.9. The number of anilines is 1. The number of ether oxygens (including phenoxy) is 2. The van der Waals surface area contributed by atoms with Gasteiger partial charge in [0.1, 0.15) is 13.0 Å². The van der Waals surface area contributed by atoms with Crippen LogP contribution >= 0.6 is 0 Å². The van der Waals surface area contributed by atoms with E-state index in [1.54, 1.807) is 30.3 Å². The van der Waals surface area contributed by atoms with Crippen molar-refractivity contribution < 1.29 is 19.1 Å². The summed E-state index contributed by atoms with van der Waals surface area (Å²) >= 11 is 0. The number of aromatic nitrogens is 2. The van der Waals surface area contributed by atoms with Crippen molar-refractivity contribution in [2.75, 3.05) is 18.6 Å². The zero-order valence-electron chi connectivity index (χ0n) is 19.3. The van der Waals surface area contributed by atoms with Crippen molar-refractivity contribution in [2.45, 2.75) is 45.1 Å². The second-order valence-electron chi connectivity index (χ2n) is 7.56. The Hall–Kier alpha value is -4.17. The van der Waals surface area contributed by atoms with E-state index in [0.717, 1.165) is 0 Å². The maximum atomic E-state index is 12.9. The predicted octanol–water partition coefficient (Wildman–Crippen LogP) is 2.33. The summed E-state index contributed by atoms with van der Waals surface area (Å²) in [6.07, 6.45) is 1.03. The molecule has 2 N–H and O–H groups in total. The van der Waals surface area contributed by atoms with E-state index in [-0.39, 0.29) is 42.8 Å². The molecule has 1 aliphatic heterocycles. The van der Waals surface area contributed by atoms with Gasteiger partial charge in [-0.3, -0.25) is 14.2 Å². The summed E-state index contributed by atoms with van der Waals surface area (Å²) in [6, 6.07) is 8.48. The first kappa shape index (κ1) is 25.5. The third-order valence-corrected chi connectivity index (χ3v) is 5.17. The SMILES string of the molecule is CCC1OC(n2cc(C#CCNC(C)=O)c(NC(=O)c3ccccc3)nc2=O)CC1OCN=[N+]=[N-]. The first-order valence-electron chi connectivity index (χ1n) is 10.9. The number of benzene rings is 1. The Balaban J connectivity index is 1.90. The van der Waals surface area contributed by atoms with Crippen molar-refractivity contribution in [1.82, 2.24) is 14.9 Å². The van der Waals surface area contributed by atoms with Gasteiger partial charge in [0, 0.05) is 30.0 Å². The van der Waals surface area contributed by atoms with Crippen LogP contribution in [0.25, 0.3) is 10.4 Å². The number of amides is 2. The fourth-order valence-electron chi connectivity index (χ4n) is 3.50. The fraction of sp³-hybridized carbons (Fsp3) is 0.391. The van der Waals surface area contributed by atoms with Crippen molar-refractivity contribution in [3.8, 4) is 11.8 Å². The highest BCUT2D eigenvalue weighted by atomic mass is 16.6. The van der Waals surface area contributed by atoms with Crippen molar-refractivity contribution in [2.24, 2.45) is 5.11 Å². The van der Waals surface area contributed by atoms with Gasteiger partial charge in [-0.25, -0.2) is 4.79 Å². The first-order valence-corrected chi connectivity index (χ1v) is 10.9. The van der Waals surface area contributed by atoms with Crippen LogP contribution in [0.3, 0.4) is 0 Å². The fourth-order valence-corrected chi connectivity index (χ4v) is 3.50. The molecule has 0 bridgehead atoms. The Bertz CT molecular complexity index is 1230. The largest absolute Gasteiger partial charge is 0.369 e. The number of nitrogens with zero attached hydrogens (tertiary/aromatic N) is 5. The Kier molecular flexibility index (Phi) is 8.97. The van der Waals surface area contributed by atoms with Gasteiger partial charge in [-0.2, -0.15) is 4.98 Å². The number of carbonyl (C=O) groups excluding carboxylic acids is 2. The highest BCUT2D eigenvalue weighted by Crippen LogP contribution is 2.32. The first-order chi connectivity index (χ1) is 16.9. The summed E-state index contributed by atoms with van der Waals surface area (Å²) in [5.74, 6) is 4.95. The highest BCUT2D eigenvalue weighted by Gasteiger charge is 2.36. The van der Waals surface area contributed by atoms with E-state index in [1.807, 2.05) is 6.92 Å². The summed E-state index contributed by atoms with van der Waals surface area (Å²) in [5, 5.41) is 8.58. The Labute approximate surface area is 201 Å². The van der Waals surface area contributed by atoms with Crippen LogP contribution < -0.4 is 16.3 Å². The standard InChI is InChI=1S/C23H25N7O5/c1-3-18-19(34-14-26-29-24)12-20(35-18)30-13-17(10-7-11-25-15(2)31)21(28-23(30)33)27-22(32)16-8-5-4-6-9-16/h4-6,8-9,13,18-20H,3,11-12,14H2,1-2H3,(H,25,31)(H,27,28,32,33). The molecule has 12 heteroatoms. The molecule has 1 fully saturated rings. The van der Waals surface area contributed by atoms with Gasteiger partial charge in [0.2, 0.25) is 5.91 Å². The van der Waals surface area contributed by atoms with Crippen LogP contribution in [0.4, 0.5) is 5.82 Å². The van der Waals surface area contributed by atoms with E-state index < -0.39 is 17.8 Å². The second kappa shape index (κ2) is 12.3. The van der Waals surface area contributed by atoms with Gasteiger partial charge >= 0.3 is 5.69 Å². The van der Waals surface area contributed by atoms with Crippen molar-refractivity contribution in [3.05, 3.63) is 68.6 Å². The van der Waals surface area contributed by atoms with Crippen LogP contribution in [-0.4, -0.2) is 46.8 Å². The van der Waals surface area contributed by atoms with E-state index in [2.05, 4.69) is 37.5 Å². The van der Waals surface area contributed by atoms with Crippen molar-refractivity contribution >= 4 is 17.6 Å². The highest BCUT2D eigenvalue weighted by molar-refractivity contribution is 6.04. The van der Waals surface area contributed by atoms with E-state index in [9.17, 15) is 14.4 Å².